The molecule has 7 heteroatoms. The fourth-order valence-electron chi connectivity index (χ4n) is 2.62. The Morgan fingerprint density at radius 2 is 1.86 bits per heavy atom. The lowest BCUT2D eigenvalue weighted by Crippen LogP contribution is -2.18. The van der Waals surface area contributed by atoms with Crippen molar-refractivity contribution < 1.29 is 14.5 Å². The van der Waals surface area contributed by atoms with Gasteiger partial charge in [-0.2, -0.15) is 5.10 Å². The van der Waals surface area contributed by atoms with E-state index in [0.29, 0.717) is 11.3 Å². The van der Waals surface area contributed by atoms with Crippen molar-refractivity contribution in [1.82, 2.24) is 5.43 Å². The van der Waals surface area contributed by atoms with Crippen LogP contribution in [0, 0.1) is 17.0 Å². The van der Waals surface area contributed by atoms with E-state index in [1.54, 1.807) is 36.4 Å². The fraction of sp³-hybridized carbons (Fsp3) is 0.0909. The molecule has 0 spiro atoms. The van der Waals surface area contributed by atoms with Gasteiger partial charge in [0.25, 0.3) is 11.6 Å². The summed E-state index contributed by atoms with van der Waals surface area (Å²) in [6.07, 6.45) is 1.54. The number of benzene rings is 3. The van der Waals surface area contributed by atoms with Gasteiger partial charge in [-0.1, -0.05) is 30.3 Å². The topological polar surface area (TPSA) is 93.8 Å². The summed E-state index contributed by atoms with van der Waals surface area (Å²) in [5.74, 6) is 0.349. The molecular formula is C22H19N3O4. The molecule has 3 aromatic rings. The number of nitrogens with one attached hydrogen (secondary N) is 1. The maximum absolute atomic E-state index is 12.2. The lowest BCUT2D eigenvalue weighted by molar-refractivity contribution is -0.384. The Bertz CT molecular complexity index is 1050. The van der Waals surface area contributed by atoms with Crippen LogP contribution >= 0.6 is 0 Å². The molecule has 0 aliphatic rings. The molecule has 0 unspecified atom stereocenters. The van der Waals surface area contributed by atoms with E-state index in [-0.39, 0.29) is 18.2 Å². The van der Waals surface area contributed by atoms with Crippen LogP contribution in [0.3, 0.4) is 0 Å². The van der Waals surface area contributed by atoms with Crippen molar-refractivity contribution >= 4 is 17.8 Å². The molecule has 3 aromatic carbocycles. The number of nitrogens with zero attached hydrogens (tertiary/aromatic N) is 2. The maximum Gasteiger partial charge on any atom is 0.271 e. The number of non-ortho nitro benzene ring substituents is 1. The van der Waals surface area contributed by atoms with Gasteiger partial charge in [0.15, 0.2) is 0 Å². The second-order valence-corrected chi connectivity index (χ2v) is 6.30. The molecule has 0 bridgehead atoms. The lowest BCUT2D eigenvalue weighted by Gasteiger charge is -2.07. The number of carbonyl (C=O) groups excluding carboxylic acids is 1. The number of aryl methyl sites for hydroxylation is 1. The van der Waals surface area contributed by atoms with Crippen molar-refractivity contribution in [3.8, 4) is 5.75 Å². The Morgan fingerprint density at radius 3 is 2.59 bits per heavy atom. The van der Waals surface area contributed by atoms with Gasteiger partial charge in [0.05, 0.1) is 11.1 Å². The van der Waals surface area contributed by atoms with Crippen LogP contribution in [0.4, 0.5) is 5.69 Å². The van der Waals surface area contributed by atoms with Crippen molar-refractivity contribution in [2.24, 2.45) is 5.10 Å². The van der Waals surface area contributed by atoms with E-state index in [1.807, 2.05) is 31.2 Å². The number of hydrogen-bond acceptors (Lipinski definition) is 5. The Morgan fingerprint density at radius 1 is 1.10 bits per heavy atom. The van der Waals surface area contributed by atoms with Crippen LogP contribution in [0.2, 0.25) is 0 Å². The van der Waals surface area contributed by atoms with Gasteiger partial charge in [0.2, 0.25) is 0 Å². The minimum absolute atomic E-state index is 0.0414. The summed E-state index contributed by atoms with van der Waals surface area (Å²) >= 11 is 0. The smallest absolute Gasteiger partial charge is 0.271 e. The Hall–Kier alpha value is -4.00. The van der Waals surface area contributed by atoms with Crippen molar-refractivity contribution in [3.63, 3.8) is 0 Å². The van der Waals surface area contributed by atoms with Gasteiger partial charge in [0, 0.05) is 17.7 Å². The minimum atomic E-state index is -0.439. The molecule has 0 saturated heterocycles. The highest BCUT2D eigenvalue weighted by Gasteiger charge is 2.06. The molecule has 0 saturated carbocycles. The molecule has 0 radical (unpaired) electrons. The molecular weight excluding hydrogens is 370 g/mol. The monoisotopic (exact) mass is 389 g/mol. The molecule has 0 fully saturated rings. The number of nitro benzene ring substituents is 1. The molecule has 0 aliphatic heterocycles. The fourth-order valence-corrected chi connectivity index (χ4v) is 2.62. The summed E-state index contributed by atoms with van der Waals surface area (Å²) < 4.78 is 5.73. The standard InChI is InChI=1S/C22H19N3O4/c1-16-5-2-3-8-21(16)22(26)24-23-14-18-6-4-7-20(13-18)29-15-17-9-11-19(12-10-17)25(27)28/h2-14H,15H2,1H3,(H,24,26)/b23-14+. The molecule has 1 N–H and O–H groups in total. The van der Waals surface area contributed by atoms with Crippen LogP contribution in [-0.4, -0.2) is 17.0 Å². The second-order valence-electron chi connectivity index (χ2n) is 6.30. The Balaban J connectivity index is 1.57. The molecule has 0 heterocycles. The van der Waals surface area contributed by atoms with E-state index in [4.69, 9.17) is 4.74 Å². The zero-order chi connectivity index (χ0) is 20.6. The van der Waals surface area contributed by atoms with Gasteiger partial charge < -0.3 is 4.74 Å². The first-order chi connectivity index (χ1) is 14.0. The third kappa shape index (κ3) is 5.49. The molecule has 0 aromatic heterocycles. The molecule has 29 heavy (non-hydrogen) atoms. The maximum atomic E-state index is 12.2. The van der Waals surface area contributed by atoms with Gasteiger partial charge in [-0.05, 0) is 53.9 Å². The van der Waals surface area contributed by atoms with E-state index < -0.39 is 4.92 Å². The largest absolute Gasteiger partial charge is 0.489 e. The number of ether oxygens (including phenoxy) is 1. The number of nitro groups is 1. The van der Waals surface area contributed by atoms with E-state index in [1.165, 1.54) is 18.3 Å². The number of rotatable bonds is 7. The predicted octanol–water partition coefficient (Wildman–Crippen LogP) is 4.25. The summed E-state index contributed by atoms with van der Waals surface area (Å²) in [5.41, 5.74) is 5.59. The van der Waals surface area contributed by atoms with Crippen LogP contribution in [0.25, 0.3) is 0 Å². The number of hydrazone groups is 1. The molecule has 0 aliphatic carbocycles. The van der Waals surface area contributed by atoms with Gasteiger partial charge in [-0.15, -0.1) is 0 Å². The van der Waals surface area contributed by atoms with E-state index >= 15 is 0 Å². The third-order valence-corrected chi connectivity index (χ3v) is 4.18. The highest BCUT2D eigenvalue weighted by atomic mass is 16.6. The molecule has 3 rings (SSSR count). The molecule has 7 nitrogen and oxygen atoms in total. The average Bonchev–Trinajstić information content (AvgIpc) is 2.73. The van der Waals surface area contributed by atoms with Crippen LogP contribution in [-0.2, 0) is 6.61 Å². The first-order valence-corrected chi connectivity index (χ1v) is 8.88. The molecule has 1 amide bonds. The summed E-state index contributed by atoms with van der Waals surface area (Å²) in [7, 11) is 0. The average molecular weight is 389 g/mol. The van der Waals surface area contributed by atoms with Gasteiger partial charge in [-0.3, -0.25) is 14.9 Å². The summed E-state index contributed by atoms with van der Waals surface area (Å²) in [6.45, 7) is 2.15. The van der Waals surface area contributed by atoms with Crippen LogP contribution in [0.1, 0.15) is 27.0 Å². The van der Waals surface area contributed by atoms with E-state index in [0.717, 1.165) is 16.7 Å². The number of hydrogen-bond donors (Lipinski definition) is 1. The first-order valence-electron chi connectivity index (χ1n) is 8.88. The van der Waals surface area contributed by atoms with Crippen molar-refractivity contribution in [2.75, 3.05) is 0 Å². The van der Waals surface area contributed by atoms with Crippen LogP contribution in [0.15, 0.2) is 77.9 Å². The van der Waals surface area contributed by atoms with E-state index in [9.17, 15) is 14.9 Å². The van der Waals surface area contributed by atoms with E-state index in [2.05, 4.69) is 10.5 Å². The molecule has 146 valence electrons. The lowest BCUT2D eigenvalue weighted by atomic mass is 10.1. The Labute approximate surface area is 167 Å². The summed E-state index contributed by atoms with van der Waals surface area (Å²) in [6, 6.07) is 20.7. The second kappa shape index (κ2) is 9.27. The predicted molar refractivity (Wildman–Crippen MR) is 110 cm³/mol. The highest BCUT2D eigenvalue weighted by Crippen LogP contribution is 2.16. The number of amides is 1. The van der Waals surface area contributed by atoms with Crippen molar-refractivity contribution in [3.05, 3.63) is 105 Å². The van der Waals surface area contributed by atoms with Gasteiger partial charge in [0.1, 0.15) is 12.4 Å². The zero-order valence-electron chi connectivity index (χ0n) is 15.7. The van der Waals surface area contributed by atoms with Crippen LogP contribution in [0.5, 0.6) is 5.75 Å². The normalized spacial score (nSPS) is 10.7. The summed E-state index contributed by atoms with van der Waals surface area (Å²) in [4.78, 5) is 22.4. The highest BCUT2D eigenvalue weighted by molar-refractivity contribution is 5.96. The third-order valence-electron chi connectivity index (χ3n) is 4.18. The zero-order valence-corrected chi connectivity index (χ0v) is 15.7. The van der Waals surface area contributed by atoms with Gasteiger partial charge in [-0.25, -0.2) is 5.43 Å². The minimum Gasteiger partial charge on any atom is -0.489 e. The SMILES string of the molecule is Cc1ccccc1C(=O)N/N=C/c1cccc(OCc2ccc([N+](=O)[O-])cc2)c1. The number of carbonyl (C=O) groups is 1. The first kappa shape index (κ1) is 19.8. The van der Waals surface area contributed by atoms with Crippen molar-refractivity contribution in [2.45, 2.75) is 13.5 Å². The van der Waals surface area contributed by atoms with Crippen molar-refractivity contribution in [1.29, 1.82) is 0 Å². The van der Waals surface area contributed by atoms with Gasteiger partial charge >= 0.3 is 0 Å². The molecule has 0 atom stereocenters. The quantitative estimate of drug-likeness (QED) is 0.371. The van der Waals surface area contributed by atoms with Crippen LogP contribution < -0.4 is 10.2 Å². The summed E-state index contributed by atoms with van der Waals surface area (Å²) in [5, 5.41) is 14.7. The Kier molecular flexibility index (Phi) is 6.32.